The lowest BCUT2D eigenvalue weighted by molar-refractivity contribution is -0.383. The van der Waals surface area contributed by atoms with E-state index in [1.165, 1.54) is 12.1 Å². The van der Waals surface area contributed by atoms with Crippen LogP contribution in [0.25, 0.3) is 0 Å². The molecule has 0 bridgehead atoms. The second-order valence-electron chi connectivity index (χ2n) is 5.63. The van der Waals surface area contributed by atoms with E-state index in [0.29, 0.717) is 13.0 Å². The highest BCUT2D eigenvalue weighted by Crippen LogP contribution is 2.33. The van der Waals surface area contributed by atoms with E-state index in [0.717, 1.165) is 23.3 Å². The maximum absolute atomic E-state index is 12.7. The molecule has 0 aliphatic heterocycles. The van der Waals surface area contributed by atoms with Crippen molar-refractivity contribution in [2.45, 2.75) is 12.6 Å². The molecule has 7 nitrogen and oxygen atoms in total. The minimum Gasteiger partial charge on any atom is -0.364 e. The van der Waals surface area contributed by atoms with Crippen molar-refractivity contribution in [1.82, 2.24) is 9.97 Å². The van der Waals surface area contributed by atoms with Crippen LogP contribution in [-0.4, -0.2) is 21.4 Å². The van der Waals surface area contributed by atoms with Crippen LogP contribution in [-0.2, 0) is 12.6 Å². The first-order valence-electron chi connectivity index (χ1n) is 8.04. The molecule has 0 aliphatic carbocycles. The molecular formula is C17H14F3N5O2S. The molecule has 0 saturated carbocycles. The number of alkyl halides is 3. The molecule has 146 valence electrons. The van der Waals surface area contributed by atoms with Crippen LogP contribution in [0.5, 0.6) is 0 Å². The van der Waals surface area contributed by atoms with Gasteiger partial charge in [-0.05, 0) is 42.1 Å². The van der Waals surface area contributed by atoms with Crippen LogP contribution in [0, 0.1) is 10.1 Å². The predicted molar refractivity (Wildman–Crippen MR) is 99.9 cm³/mol. The zero-order valence-corrected chi connectivity index (χ0v) is 15.0. The number of thiophene rings is 1. The molecule has 11 heteroatoms. The third kappa shape index (κ3) is 4.74. The maximum Gasteiger partial charge on any atom is 0.416 e. The molecule has 0 saturated heterocycles. The molecule has 0 amide bonds. The predicted octanol–water partition coefficient (Wildman–Crippen LogP) is 4.86. The summed E-state index contributed by atoms with van der Waals surface area (Å²) in [5, 5.41) is 19.0. The summed E-state index contributed by atoms with van der Waals surface area (Å²) in [5.41, 5.74) is -0.959. The fraction of sp³-hybridized carbons (Fsp3) is 0.176. The van der Waals surface area contributed by atoms with Gasteiger partial charge in [-0.2, -0.15) is 13.2 Å². The van der Waals surface area contributed by atoms with Crippen LogP contribution in [0.15, 0.2) is 48.1 Å². The van der Waals surface area contributed by atoms with Gasteiger partial charge in [0.1, 0.15) is 6.33 Å². The maximum atomic E-state index is 12.7. The number of rotatable bonds is 7. The van der Waals surface area contributed by atoms with Crippen molar-refractivity contribution in [1.29, 1.82) is 0 Å². The highest BCUT2D eigenvalue weighted by Gasteiger charge is 2.30. The van der Waals surface area contributed by atoms with Gasteiger partial charge in [0.25, 0.3) is 0 Å². The number of nitrogens with zero attached hydrogens (tertiary/aromatic N) is 3. The molecule has 2 aromatic heterocycles. The summed E-state index contributed by atoms with van der Waals surface area (Å²) in [5.74, 6) is -0.0793. The van der Waals surface area contributed by atoms with Gasteiger partial charge in [0, 0.05) is 17.1 Å². The minimum absolute atomic E-state index is 0.0333. The number of hydrogen-bond donors (Lipinski definition) is 2. The number of aromatic nitrogens is 2. The smallest absolute Gasteiger partial charge is 0.364 e. The Hall–Kier alpha value is -3.21. The molecule has 0 radical (unpaired) electrons. The van der Waals surface area contributed by atoms with Crippen LogP contribution in [0.1, 0.15) is 10.4 Å². The summed E-state index contributed by atoms with van der Waals surface area (Å²) in [4.78, 5) is 19.8. The standard InChI is InChI=1S/C17H14F3N5O2S/c18-17(19,20)11-3-5-12(6-4-11)24-16-14(25(26)27)15(22-10-23-16)21-8-7-13-2-1-9-28-13/h1-6,9-10H,7-8H2,(H2,21,22,23,24). The Morgan fingerprint density at radius 3 is 2.43 bits per heavy atom. The summed E-state index contributed by atoms with van der Waals surface area (Å²) in [6.45, 7) is 0.429. The van der Waals surface area contributed by atoms with Gasteiger partial charge in [-0.3, -0.25) is 10.1 Å². The van der Waals surface area contributed by atoms with Gasteiger partial charge in [0.15, 0.2) is 0 Å². The molecular weight excluding hydrogens is 395 g/mol. The molecule has 0 spiro atoms. The van der Waals surface area contributed by atoms with Crippen molar-refractivity contribution in [3.05, 3.63) is 68.7 Å². The van der Waals surface area contributed by atoms with Gasteiger partial charge in [-0.25, -0.2) is 9.97 Å². The van der Waals surface area contributed by atoms with Gasteiger partial charge in [0.2, 0.25) is 11.6 Å². The molecule has 2 heterocycles. The Bertz CT molecular complexity index is 946. The average Bonchev–Trinajstić information content (AvgIpc) is 3.15. The first-order chi connectivity index (χ1) is 13.3. The van der Waals surface area contributed by atoms with Crippen LogP contribution in [0.2, 0.25) is 0 Å². The Labute approximate surface area is 161 Å². The van der Waals surface area contributed by atoms with Crippen LogP contribution in [0.3, 0.4) is 0 Å². The lowest BCUT2D eigenvalue weighted by atomic mass is 10.2. The largest absolute Gasteiger partial charge is 0.416 e. The Balaban J connectivity index is 1.77. The van der Waals surface area contributed by atoms with Crippen molar-refractivity contribution < 1.29 is 18.1 Å². The van der Waals surface area contributed by atoms with Gasteiger partial charge >= 0.3 is 11.9 Å². The molecule has 1 aromatic carbocycles. The van der Waals surface area contributed by atoms with Crippen molar-refractivity contribution in [3.63, 3.8) is 0 Å². The zero-order chi connectivity index (χ0) is 20.1. The Kier molecular flexibility index (Phi) is 5.73. The molecule has 0 atom stereocenters. The van der Waals surface area contributed by atoms with Gasteiger partial charge < -0.3 is 10.6 Å². The number of benzene rings is 1. The topological polar surface area (TPSA) is 93.0 Å². The number of nitrogens with one attached hydrogen (secondary N) is 2. The molecule has 2 N–H and O–H groups in total. The van der Waals surface area contributed by atoms with E-state index in [9.17, 15) is 23.3 Å². The van der Waals surface area contributed by atoms with E-state index in [-0.39, 0.29) is 23.0 Å². The summed E-state index contributed by atoms with van der Waals surface area (Å²) in [6.07, 6.45) is -2.65. The third-order valence-electron chi connectivity index (χ3n) is 3.72. The summed E-state index contributed by atoms with van der Waals surface area (Å²) < 4.78 is 38.0. The second kappa shape index (κ2) is 8.21. The molecule has 3 rings (SSSR count). The Morgan fingerprint density at radius 1 is 1.11 bits per heavy atom. The zero-order valence-electron chi connectivity index (χ0n) is 14.2. The summed E-state index contributed by atoms with van der Waals surface area (Å²) in [6, 6.07) is 8.00. The minimum atomic E-state index is -4.46. The fourth-order valence-electron chi connectivity index (χ4n) is 2.41. The first-order valence-corrected chi connectivity index (χ1v) is 8.92. The monoisotopic (exact) mass is 409 g/mol. The number of anilines is 3. The van der Waals surface area contributed by atoms with Gasteiger partial charge in [-0.15, -0.1) is 11.3 Å². The molecule has 0 unspecified atom stereocenters. The fourth-order valence-corrected chi connectivity index (χ4v) is 3.12. The number of nitro groups is 1. The highest BCUT2D eigenvalue weighted by molar-refractivity contribution is 7.09. The van der Waals surface area contributed by atoms with E-state index in [1.807, 2.05) is 17.5 Å². The van der Waals surface area contributed by atoms with E-state index < -0.39 is 16.7 Å². The summed E-state index contributed by atoms with van der Waals surface area (Å²) in [7, 11) is 0. The van der Waals surface area contributed by atoms with Crippen LogP contribution < -0.4 is 10.6 Å². The van der Waals surface area contributed by atoms with Crippen LogP contribution in [0.4, 0.5) is 36.2 Å². The van der Waals surface area contributed by atoms with Gasteiger partial charge in [-0.1, -0.05) is 6.07 Å². The van der Waals surface area contributed by atoms with E-state index in [2.05, 4.69) is 20.6 Å². The molecule has 0 fully saturated rings. The van der Waals surface area contributed by atoms with Gasteiger partial charge in [0.05, 0.1) is 10.5 Å². The molecule has 28 heavy (non-hydrogen) atoms. The third-order valence-corrected chi connectivity index (χ3v) is 4.66. The lowest BCUT2D eigenvalue weighted by Gasteiger charge is -2.11. The van der Waals surface area contributed by atoms with Crippen LogP contribution >= 0.6 is 11.3 Å². The van der Waals surface area contributed by atoms with Crippen molar-refractivity contribution in [3.8, 4) is 0 Å². The van der Waals surface area contributed by atoms with Crippen molar-refractivity contribution in [2.75, 3.05) is 17.2 Å². The Morgan fingerprint density at radius 2 is 1.82 bits per heavy atom. The molecule has 3 aromatic rings. The normalized spacial score (nSPS) is 11.2. The highest BCUT2D eigenvalue weighted by atomic mass is 32.1. The number of hydrogen-bond acceptors (Lipinski definition) is 7. The average molecular weight is 409 g/mol. The van der Waals surface area contributed by atoms with E-state index in [1.54, 1.807) is 11.3 Å². The van der Waals surface area contributed by atoms with E-state index >= 15 is 0 Å². The first kappa shape index (κ1) is 19.5. The van der Waals surface area contributed by atoms with Crippen molar-refractivity contribution >= 4 is 34.3 Å². The molecule has 0 aliphatic rings. The second-order valence-corrected chi connectivity index (χ2v) is 6.67. The lowest BCUT2D eigenvalue weighted by Crippen LogP contribution is -2.10. The summed E-state index contributed by atoms with van der Waals surface area (Å²) >= 11 is 1.58. The SMILES string of the molecule is O=[N+]([O-])c1c(NCCc2cccs2)ncnc1Nc1ccc(C(F)(F)F)cc1. The quantitative estimate of drug-likeness (QED) is 0.427. The number of halogens is 3. The van der Waals surface area contributed by atoms with E-state index in [4.69, 9.17) is 0 Å². The van der Waals surface area contributed by atoms with Crippen molar-refractivity contribution in [2.24, 2.45) is 0 Å².